The Hall–Kier alpha value is -0.417. The van der Waals surface area contributed by atoms with Gasteiger partial charge in [0.25, 0.3) is 0 Å². The van der Waals surface area contributed by atoms with Gasteiger partial charge in [-0.1, -0.05) is 33.1 Å². The van der Waals surface area contributed by atoms with Crippen molar-refractivity contribution in [2.24, 2.45) is 0 Å². The van der Waals surface area contributed by atoms with Crippen molar-refractivity contribution >= 4 is 0 Å². The van der Waals surface area contributed by atoms with E-state index in [2.05, 4.69) is 13.8 Å². The first-order valence-corrected chi connectivity index (χ1v) is 5.75. The first-order chi connectivity index (χ1) is 7.41. The van der Waals surface area contributed by atoms with E-state index in [0.717, 1.165) is 0 Å². The van der Waals surface area contributed by atoms with Crippen LogP contribution in [0.2, 0.25) is 0 Å². The van der Waals surface area contributed by atoms with Gasteiger partial charge < -0.3 is 7.43 Å². The molecule has 0 atom stereocenters. The molecule has 0 fully saturated rings. The molecule has 0 bridgehead atoms. The second kappa shape index (κ2) is 20.9. The molecule has 0 N–H and O–H groups in total. The van der Waals surface area contributed by atoms with Gasteiger partial charge in [0.2, 0.25) is 0 Å². The second-order valence-electron chi connectivity index (χ2n) is 3.28. The van der Waals surface area contributed by atoms with Crippen molar-refractivity contribution in [3.05, 3.63) is 68.1 Å². The van der Waals surface area contributed by atoms with Gasteiger partial charge in [0, 0.05) is 0 Å². The molecule has 1 radical (unpaired) electrons. The molecular formula is C16H25Zr. The predicted octanol–water partition coefficient (Wildman–Crippen LogP) is 5.46. The van der Waals surface area contributed by atoms with Crippen LogP contribution in [-0.2, 0) is 26.2 Å². The standard InChI is InChI=1S/2C5H5.C5H12.CH3.Zr/c2*1-2-4-5-3-1;1-3-5-4-2;;/h2*1-5H;3-5H2,1-2H3;1H3;/q2*-1;;-1;+3. The summed E-state index contributed by atoms with van der Waals surface area (Å²) in [5.41, 5.74) is 0. The van der Waals surface area contributed by atoms with Crippen LogP contribution in [-0.4, -0.2) is 0 Å². The fourth-order valence-electron chi connectivity index (χ4n) is 0.995. The zero-order valence-electron chi connectivity index (χ0n) is 11.4. The van der Waals surface area contributed by atoms with Crippen LogP contribution in [0.4, 0.5) is 0 Å². The molecule has 0 aliphatic carbocycles. The van der Waals surface area contributed by atoms with Crippen LogP contribution < -0.4 is 0 Å². The van der Waals surface area contributed by atoms with Crippen molar-refractivity contribution in [1.82, 2.24) is 0 Å². The van der Waals surface area contributed by atoms with Crippen LogP contribution in [0.1, 0.15) is 33.1 Å². The maximum atomic E-state index is 2.21. The SMILES string of the molecule is CCCCC.[CH3-].[Zr+3].c1cc[cH-]c1.c1cc[cH-]c1. The topological polar surface area (TPSA) is 0 Å². The van der Waals surface area contributed by atoms with Gasteiger partial charge in [0.15, 0.2) is 0 Å². The zero-order chi connectivity index (χ0) is 11.2. The zero-order valence-corrected chi connectivity index (χ0v) is 13.9. The van der Waals surface area contributed by atoms with E-state index in [9.17, 15) is 0 Å². The largest absolute Gasteiger partial charge is 3.00 e. The average Bonchev–Trinajstić information content (AvgIpc) is 2.99. The molecule has 0 saturated carbocycles. The number of unbranched alkanes of at least 4 members (excludes halogenated alkanes) is 2. The summed E-state index contributed by atoms with van der Waals surface area (Å²) >= 11 is 0. The molecule has 17 heavy (non-hydrogen) atoms. The maximum Gasteiger partial charge on any atom is 3.00 e. The van der Waals surface area contributed by atoms with Crippen LogP contribution in [0.5, 0.6) is 0 Å². The van der Waals surface area contributed by atoms with Crippen LogP contribution in [0.25, 0.3) is 0 Å². The minimum atomic E-state index is 0. The number of rotatable bonds is 2. The molecule has 0 heterocycles. The van der Waals surface area contributed by atoms with Gasteiger partial charge in [-0.2, -0.15) is 36.4 Å². The van der Waals surface area contributed by atoms with Crippen molar-refractivity contribution in [1.29, 1.82) is 0 Å². The summed E-state index contributed by atoms with van der Waals surface area (Å²) in [5.74, 6) is 0. The summed E-state index contributed by atoms with van der Waals surface area (Å²) in [5, 5.41) is 0. The summed E-state index contributed by atoms with van der Waals surface area (Å²) in [7, 11) is 0. The van der Waals surface area contributed by atoms with E-state index in [1.54, 1.807) is 0 Å². The Morgan fingerprint density at radius 3 is 1.06 bits per heavy atom. The van der Waals surface area contributed by atoms with Gasteiger partial charge >= 0.3 is 26.2 Å². The Morgan fingerprint density at radius 1 is 0.706 bits per heavy atom. The van der Waals surface area contributed by atoms with E-state index in [1.807, 2.05) is 60.7 Å². The molecule has 2 rings (SSSR count). The summed E-state index contributed by atoms with van der Waals surface area (Å²) in [6.07, 6.45) is 4.08. The predicted molar refractivity (Wildman–Crippen MR) is 75.7 cm³/mol. The minimum absolute atomic E-state index is 0. The molecule has 2 aromatic carbocycles. The quantitative estimate of drug-likeness (QED) is 0.647. The van der Waals surface area contributed by atoms with Crippen molar-refractivity contribution < 1.29 is 26.2 Å². The van der Waals surface area contributed by atoms with Crippen molar-refractivity contribution in [2.45, 2.75) is 33.1 Å². The van der Waals surface area contributed by atoms with Gasteiger partial charge in [-0.05, 0) is 0 Å². The van der Waals surface area contributed by atoms with Gasteiger partial charge in [-0.3, -0.25) is 0 Å². The Morgan fingerprint density at radius 2 is 1.00 bits per heavy atom. The van der Waals surface area contributed by atoms with Crippen molar-refractivity contribution in [3.63, 3.8) is 0 Å². The molecule has 0 amide bonds. The van der Waals surface area contributed by atoms with Crippen molar-refractivity contribution in [3.8, 4) is 0 Å². The van der Waals surface area contributed by atoms with Crippen LogP contribution in [0, 0.1) is 7.43 Å². The fourth-order valence-corrected chi connectivity index (χ4v) is 0.995. The van der Waals surface area contributed by atoms with Crippen molar-refractivity contribution in [2.75, 3.05) is 0 Å². The average molecular weight is 309 g/mol. The van der Waals surface area contributed by atoms with Gasteiger partial charge in [0.1, 0.15) is 0 Å². The molecule has 93 valence electrons. The van der Waals surface area contributed by atoms with E-state index >= 15 is 0 Å². The van der Waals surface area contributed by atoms with E-state index in [4.69, 9.17) is 0 Å². The van der Waals surface area contributed by atoms with E-state index < -0.39 is 0 Å². The first-order valence-electron chi connectivity index (χ1n) is 5.75. The molecule has 0 unspecified atom stereocenters. The molecule has 0 aromatic heterocycles. The normalized spacial score (nSPS) is 7.18. The number of hydrogen-bond donors (Lipinski definition) is 0. The van der Waals surface area contributed by atoms with Crippen LogP contribution in [0.3, 0.4) is 0 Å². The molecule has 0 aliphatic heterocycles. The van der Waals surface area contributed by atoms with E-state index in [1.165, 1.54) is 19.3 Å². The molecule has 0 aliphatic rings. The van der Waals surface area contributed by atoms with E-state index in [0.29, 0.717) is 0 Å². The third-order valence-corrected chi connectivity index (χ3v) is 1.82. The summed E-state index contributed by atoms with van der Waals surface area (Å²) in [6.45, 7) is 4.42. The molecule has 1 heteroatoms. The third-order valence-electron chi connectivity index (χ3n) is 1.82. The number of hydrogen-bond acceptors (Lipinski definition) is 0. The Kier molecular flexibility index (Phi) is 26.9. The molecule has 0 spiro atoms. The minimum Gasteiger partial charge on any atom is -0.358 e. The first kappa shape index (κ1) is 21.8. The monoisotopic (exact) mass is 307 g/mol. The molecule has 2 aromatic rings. The summed E-state index contributed by atoms with van der Waals surface area (Å²) in [6, 6.07) is 20.0. The summed E-state index contributed by atoms with van der Waals surface area (Å²) in [4.78, 5) is 0. The fraction of sp³-hybridized carbons (Fsp3) is 0.312. The van der Waals surface area contributed by atoms with Crippen LogP contribution in [0.15, 0.2) is 60.7 Å². The third kappa shape index (κ3) is 21.4. The second-order valence-corrected chi connectivity index (χ2v) is 3.28. The Bertz CT molecular complexity index is 180. The Balaban J connectivity index is -0.000000163. The maximum absolute atomic E-state index is 2.21. The van der Waals surface area contributed by atoms with Gasteiger partial charge in [-0.25, -0.2) is 24.3 Å². The molecule has 0 nitrogen and oxygen atoms in total. The molecule has 0 saturated heterocycles. The molecular weight excluding hydrogens is 283 g/mol. The van der Waals surface area contributed by atoms with Gasteiger partial charge in [-0.15, -0.1) is 0 Å². The van der Waals surface area contributed by atoms with E-state index in [-0.39, 0.29) is 33.6 Å². The van der Waals surface area contributed by atoms with Crippen LogP contribution >= 0.6 is 0 Å². The smallest absolute Gasteiger partial charge is 0.358 e. The Labute approximate surface area is 127 Å². The summed E-state index contributed by atoms with van der Waals surface area (Å²) < 4.78 is 0. The van der Waals surface area contributed by atoms with Gasteiger partial charge in [0.05, 0.1) is 0 Å².